The SMILES string of the molecule is C=C1NC2=C(C(=O)CC(c3ccccc3)C2)C(c2ccccc2)C1C#N. The quantitative estimate of drug-likeness (QED) is 0.880. The van der Waals surface area contributed by atoms with E-state index in [9.17, 15) is 10.1 Å². The van der Waals surface area contributed by atoms with Crippen LogP contribution in [0.25, 0.3) is 0 Å². The topological polar surface area (TPSA) is 52.9 Å². The van der Waals surface area contributed by atoms with Crippen LogP contribution in [0.15, 0.2) is 84.2 Å². The lowest BCUT2D eigenvalue weighted by molar-refractivity contribution is -0.116. The number of nitrogens with zero attached hydrogens (tertiary/aromatic N) is 1. The summed E-state index contributed by atoms with van der Waals surface area (Å²) < 4.78 is 0. The summed E-state index contributed by atoms with van der Waals surface area (Å²) in [4.78, 5) is 13.1. The maximum Gasteiger partial charge on any atom is 0.161 e. The minimum atomic E-state index is -0.437. The predicted molar refractivity (Wildman–Crippen MR) is 101 cm³/mol. The second-order valence-corrected chi connectivity index (χ2v) is 6.98. The Bertz CT molecular complexity index is 922. The van der Waals surface area contributed by atoms with Gasteiger partial charge in [-0.1, -0.05) is 67.2 Å². The molecule has 1 N–H and O–H groups in total. The van der Waals surface area contributed by atoms with Crippen molar-refractivity contribution in [2.45, 2.75) is 24.7 Å². The number of Topliss-reactive ketones (excluding diaryl/α,β-unsaturated/α-hetero) is 1. The normalized spacial score (nSPS) is 25.3. The molecule has 3 nitrogen and oxygen atoms in total. The van der Waals surface area contributed by atoms with Gasteiger partial charge in [-0.05, 0) is 23.5 Å². The summed E-state index contributed by atoms with van der Waals surface area (Å²) in [7, 11) is 0. The highest BCUT2D eigenvalue weighted by molar-refractivity contribution is 5.99. The molecule has 0 amide bonds. The molecule has 0 aromatic heterocycles. The number of ketones is 1. The van der Waals surface area contributed by atoms with Crippen LogP contribution in [0.5, 0.6) is 0 Å². The molecule has 2 aromatic rings. The molecule has 0 fully saturated rings. The van der Waals surface area contributed by atoms with E-state index in [1.807, 2.05) is 48.5 Å². The zero-order valence-corrected chi connectivity index (χ0v) is 14.5. The van der Waals surface area contributed by atoms with Crippen LogP contribution in [0.3, 0.4) is 0 Å². The average molecular weight is 340 g/mol. The second kappa shape index (κ2) is 6.65. The van der Waals surface area contributed by atoms with Gasteiger partial charge in [0.15, 0.2) is 5.78 Å². The van der Waals surface area contributed by atoms with E-state index in [2.05, 4.69) is 30.1 Å². The molecule has 0 saturated carbocycles. The number of nitriles is 1. The maximum absolute atomic E-state index is 13.1. The van der Waals surface area contributed by atoms with Gasteiger partial charge in [0, 0.05) is 29.3 Å². The summed E-state index contributed by atoms with van der Waals surface area (Å²) in [6.07, 6.45) is 1.25. The van der Waals surface area contributed by atoms with Crippen LogP contribution in [-0.2, 0) is 4.79 Å². The second-order valence-electron chi connectivity index (χ2n) is 6.98. The first-order valence-electron chi connectivity index (χ1n) is 8.90. The van der Waals surface area contributed by atoms with Crippen molar-refractivity contribution >= 4 is 5.78 Å². The number of benzene rings is 2. The molecule has 4 rings (SSSR count). The first-order chi connectivity index (χ1) is 12.7. The van der Waals surface area contributed by atoms with Crippen LogP contribution in [-0.4, -0.2) is 5.78 Å². The van der Waals surface area contributed by atoms with Gasteiger partial charge in [-0.3, -0.25) is 4.79 Å². The highest BCUT2D eigenvalue weighted by Crippen LogP contribution is 2.46. The van der Waals surface area contributed by atoms with Gasteiger partial charge < -0.3 is 5.32 Å². The van der Waals surface area contributed by atoms with Crippen molar-refractivity contribution in [1.82, 2.24) is 5.32 Å². The number of nitrogens with one attached hydrogen (secondary N) is 1. The van der Waals surface area contributed by atoms with Gasteiger partial charge >= 0.3 is 0 Å². The van der Waals surface area contributed by atoms with Gasteiger partial charge in [-0.25, -0.2) is 0 Å². The Balaban J connectivity index is 1.79. The monoisotopic (exact) mass is 340 g/mol. The number of carbonyl (C=O) groups excluding carboxylic acids is 1. The molecular weight excluding hydrogens is 320 g/mol. The first kappa shape index (κ1) is 16.4. The summed E-state index contributed by atoms with van der Waals surface area (Å²) in [6.45, 7) is 4.08. The lowest BCUT2D eigenvalue weighted by Gasteiger charge is -2.38. The summed E-state index contributed by atoms with van der Waals surface area (Å²) in [5.74, 6) is -0.380. The number of hydrogen-bond acceptors (Lipinski definition) is 3. The fraction of sp³-hybridized carbons (Fsp3) is 0.217. The Labute approximate surface area is 153 Å². The van der Waals surface area contributed by atoms with E-state index in [1.165, 1.54) is 5.56 Å². The molecule has 3 unspecified atom stereocenters. The van der Waals surface area contributed by atoms with Gasteiger partial charge in [0.25, 0.3) is 0 Å². The molecule has 0 spiro atoms. The summed E-state index contributed by atoms with van der Waals surface area (Å²) in [5, 5.41) is 13.0. The highest BCUT2D eigenvalue weighted by atomic mass is 16.1. The van der Waals surface area contributed by atoms with E-state index in [-0.39, 0.29) is 17.6 Å². The van der Waals surface area contributed by atoms with Crippen molar-refractivity contribution < 1.29 is 4.79 Å². The Morgan fingerprint density at radius 3 is 2.19 bits per heavy atom. The van der Waals surface area contributed by atoms with Crippen molar-refractivity contribution in [3.8, 4) is 6.07 Å². The van der Waals surface area contributed by atoms with Crippen LogP contribution in [0, 0.1) is 17.2 Å². The van der Waals surface area contributed by atoms with Crippen molar-refractivity contribution in [2.24, 2.45) is 5.92 Å². The molecule has 0 radical (unpaired) electrons. The fourth-order valence-corrected chi connectivity index (χ4v) is 4.18. The molecule has 0 saturated heterocycles. The van der Waals surface area contributed by atoms with Crippen LogP contribution in [0.4, 0.5) is 0 Å². The van der Waals surface area contributed by atoms with Crippen LogP contribution in [0.2, 0.25) is 0 Å². The van der Waals surface area contributed by atoms with Gasteiger partial charge in [-0.15, -0.1) is 0 Å². The molecule has 1 aliphatic carbocycles. The van der Waals surface area contributed by atoms with Crippen molar-refractivity contribution in [1.29, 1.82) is 5.26 Å². The van der Waals surface area contributed by atoms with Gasteiger partial charge in [-0.2, -0.15) is 5.26 Å². The average Bonchev–Trinajstić information content (AvgIpc) is 2.68. The van der Waals surface area contributed by atoms with Gasteiger partial charge in [0.2, 0.25) is 0 Å². The zero-order valence-electron chi connectivity index (χ0n) is 14.5. The fourth-order valence-electron chi connectivity index (χ4n) is 4.18. The standard InChI is InChI=1S/C23H20N2O/c1-15-19(14-24)22(17-10-6-3-7-11-17)23-20(25-15)12-18(13-21(23)26)16-8-4-2-5-9-16/h2-11,18-19,22,25H,1,12-13H2. The minimum absolute atomic E-state index is 0.134. The number of hydrogen-bond donors (Lipinski definition) is 1. The third-order valence-corrected chi connectivity index (χ3v) is 5.41. The van der Waals surface area contributed by atoms with E-state index < -0.39 is 5.92 Å². The van der Waals surface area contributed by atoms with E-state index in [1.54, 1.807) is 0 Å². The molecule has 1 aliphatic heterocycles. The Hall–Kier alpha value is -3.12. The largest absolute Gasteiger partial charge is 0.361 e. The van der Waals surface area contributed by atoms with Crippen molar-refractivity contribution in [3.63, 3.8) is 0 Å². The zero-order chi connectivity index (χ0) is 18.1. The van der Waals surface area contributed by atoms with E-state index in [4.69, 9.17) is 0 Å². The molecule has 3 heteroatoms. The first-order valence-corrected chi connectivity index (χ1v) is 8.90. The van der Waals surface area contributed by atoms with E-state index >= 15 is 0 Å². The smallest absolute Gasteiger partial charge is 0.161 e. The third kappa shape index (κ3) is 2.74. The molecule has 128 valence electrons. The van der Waals surface area contributed by atoms with Crippen LogP contribution >= 0.6 is 0 Å². The van der Waals surface area contributed by atoms with E-state index in [0.717, 1.165) is 23.3 Å². The van der Waals surface area contributed by atoms with Gasteiger partial charge in [0.1, 0.15) is 0 Å². The number of carbonyl (C=O) groups is 1. The van der Waals surface area contributed by atoms with Gasteiger partial charge in [0.05, 0.1) is 12.0 Å². The minimum Gasteiger partial charge on any atom is -0.361 e. The van der Waals surface area contributed by atoms with Crippen molar-refractivity contribution in [3.05, 3.63) is 95.3 Å². The lowest BCUT2D eigenvalue weighted by atomic mass is 9.69. The third-order valence-electron chi connectivity index (χ3n) is 5.41. The summed E-state index contributed by atoms with van der Waals surface area (Å²) >= 11 is 0. The lowest BCUT2D eigenvalue weighted by Crippen LogP contribution is -2.38. The van der Waals surface area contributed by atoms with Crippen molar-refractivity contribution in [2.75, 3.05) is 0 Å². The molecule has 1 heterocycles. The predicted octanol–water partition coefficient (Wildman–Crippen LogP) is 4.43. The molecule has 2 aliphatic rings. The number of rotatable bonds is 2. The Morgan fingerprint density at radius 2 is 1.58 bits per heavy atom. The van der Waals surface area contributed by atoms with Crippen LogP contribution < -0.4 is 5.32 Å². The summed E-state index contributed by atoms with van der Waals surface area (Å²) in [6, 6.07) is 22.4. The Morgan fingerprint density at radius 1 is 0.962 bits per heavy atom. The molecule has 0 bridgehead atoms. The highest BCUT2D eigenvalue weighted by Gasteiger charge is 2.41. The summed E-state index contributed by atoms with van der Waals surface area (Å²) in [5.41, 5.74) is 4.56. The molecular formula is C23H20N2O. The molecule has 26 heavy (non-hydrogen) atoms. The molecule has 2 aromatic carbocycles. The van der Waals surface area contributed by atoms with Crippen LogP contribution in [0.1, 0.15) is 35.8 Å². The maximum atomic E-state index is 13.1. The number of allylic oxidation sites excluding steroid dienone is 3. The Kier molecular flexibility index (Phi) is 4.18. The van der Waals surface area contributed by atoms with E-state index in [0.29, 0.717) is 12.1 Å². The molecule has 3 atom stereocenters.